The summed E-state index contributed by atoms with van der Waals surface area (Å²) in [5, 5.41) is 8.50. The molecule has 5 N–H and O–H groups in total. The maximum atomic E-state index is 11.3. The highest BCUT2D eigenvalue weighted by Gasteiger charge is 2.19. The molecule has 0 amide bonds. The third-order valence-electron chi connectivity index (χ3n) is 3.62. The highest BCUT2D eigenvalue weighted by atomic mass is 32.2. The van der Waals surface area contributed by atoms with Gasteiger partial charge in [-0.3, -0.25) is 0 Å². The molecule has 0 heterocycles. The van der Waals surface area contributed by atoms with Crippen LogP contribution in [0.25, 0.3) is 0 Å². The second-order valence-electron chi connectivity index (χ2n) is 5.41. The molecule has 0 radical (unpaired) electrons. The zero-order chi connectivity index (χ0) is 14.0. The molecule has 2 unspecified atom stereocenters. The van der Waals surface area contributed by atoms with Crippen molar-refractivity contribution in [3.63, 3.8) is 0 Å². The van der Waals surface area contributed by atoms with Crippen molar-refractivity contribution in [1.82, 2.24) is 0 Å². The van der Waals surface area contributed by atoms with Gasteiger partial charge in [-0.05, 0) is 37.0 Å². The average Bonchev–Trinajstić information content (AvgIpc) is 2.27. The van der Waals surface area contributed by atoms with Gasteiger partial charge in [0.15, 0.2) is 0 Å². The van der Waals surface area contributed by atoms with Gasteiger partial charge in [-0.1, -0.05) is 19.8 Å². The first-order valence-corrected chi connectivity index (χ1v) is 8.10. The van der Waals surface area contributed by atoms with Gasteiger partial charge in [-0.15, -0.1) is 0 Å². The molecule has 0 bridgehead atoms. The molecule has 2 atom stereocenters. The SMILES string of the molecule is CC1CCCC(Nc2ccc(S(N)(=O)=O)c(N)c2)C1. The summed E-state index contributed by atoms with van der Waals surface area (Å²) in [4.78, 5) is -0.0185. The summed E-state index contributed by atoms with van der Waals surface area (Å²) in [5.41, 5.74) is 6.78. The van der Waals surface area contributed by atoms with Crippen molar-refractivity contribution in [1.29, 1.82) is 0 Å². The molecule has 19 heavy (non-hydrogen) atoms. The highest BCUT2D eigenvalue weighted by molar-refractivity contribution is 7.89. The van der Waals surface area contributed by atoms with Crippen LogP contribution in [0.2, 0.25) is 0 Å². The lowest BCUT2D eigenvalue weighted by Crippen LogP contribution is -2.26. The molecule has 0 aliphatic heterocycles. The number of hydrogen-bond donors (Lipinski definition) is 3. The zero-order valence-electron chi connectivity index (χ0n) is 11.1. The first kappa shape index (κ1) is 14.1. The smallest absolute Gasteiger partial charge is 0.240 e. The maximum Gasteiger partial charge on any atom is 0.240 e. The summed E-state index contributed by atoms with van der Waals surface area (Å²) in [6.07, 6.45) is 4.78. The van der Waals surface area contributed by atoms with E-state index >= 15 is 0 Å². The van der Waals surface area contributed by atoms with E-state index in [1.54, 1.807) is 12.1 Å². The molecule has 0 spiro atoms. The van der Waals surface area contributed by atoms with E-state index < -0.39 is 10.0 Å². The van der Waals surface area contributed by atoms with Crippen molar-refractivity contribution in [2.75, 3.05) is 11.1 Å². The number of hydrogen-bond acceptors (Lipinski definition) is 4. The van der Waals surface area contributed by atoms with Gasteiger partial charge in [0, 0.05) is 11.7 Å². The van der Waals surface area contributed by atoms with E-state index in [4.69, 9.17) is 10.9 Å². The summed E-state index contributed by atoms with van der Waals surface area (Å²) < 4.78 is 22.6. The Morgan fingerprint density at radius 3 is 2.63 bits per heavy atom. The van der Waals surface area contributed by atoms with Crippen molar-refractivity contribution in [2.24, 2.45) is 11.1 Å². The molecule has 5 nitrogen and oxygen atoms in total. The topological polar surface area (TPSA) is 98.2 Å². The molecule has 106 valence electrons. The number of anilines is 2. The van der Waals surface area contributed by atoms with Gasteiger partial charge in [0.25, 0.3) is 0 Å². The molecule has 1 aromatic rings. The van der Waals surface area contributed by atoms with E-state index in [1.165, 1.54) is 18.9 Å². The minimum atomic E-state index is -3.74. The largest absolute Gasteiger partial charge is 0.398 e. The monoisotopic (exact) mass is 283 g/mol. The van der Waals surface area contributed by atoms with Gasteiger partial charge >= 0.3 is 0 Å². The molecule has 1 aliphatic carbocycles. The summed E-state index contributed by atoms with van der Waals surface area (Å²) >= 11 is 0. The van der Waals surface area contributed by atoms with E-state index in [0.717, 1.165) is 24.4 Å². The third kappa shape index (κ3) is 3.61. The molecular weight excluding hydrogens is 262 g/mol. The minimum Gasteiger partial charge on any atom is -0.398 e. The van der Waals surface area contributed by atoms with Crippen LogP contribution in [0, 0.1) is 5.92 Å². The molecular formula is C13H21N3O2S. The summed E-state index contributed by atoms with van der Waals surface area (Å²) in [7, 11) is -3.74. The molecule has 0 saturated heterocycles. The number of rotatable bonds is 3. The van der Waals surface area contributed by atoms with Gasteiger partial charge in [0.05, 0.1) is 5.69 Å². The summed E-state index contributed by atoms with van der Waals surface area (Å²) in [6.45, 7) is 2.26. The molecule has 6 heteroatoms. The Labute approximate surface area is 114 Å². The molecule has 1 fully saturated rings. The Morgan fingerprint density at radius 2 is 2.05 bits per heavy atom. The lowest BCUT2D eigenvalue weighted by atomic mass is 9.87. The van der Waals surface area contributed by atoms with Crippen LogP contribution in [0.5, 0.6) is 0 Å². The highest BCUT2D eigenvalue weighted by Crippen LogP contribution is 2.28. The van der Waals surface area contributed by atoms with Crippen LogP contribution in [0.1, 0.15) is 32.6 Å². The Kier molecular flexibility index (Phi) is 4.01. The lowest BCUT2D eigenvalue weighted by molar-refractivity contribution is 0.358. The van der Waals surface area contributed by atoms with Crippen molar-refractivity contribution < 1.29 is 8.42 Å². The van der Waals surface area contributed by atoms with Crippen LogP contribution in [0.3, 0.4) is 0 Å². The fourth-order valence-electron chi connectivity index (χ4n) is 2.70. The van der Waals surface area contributed by atoms with E-state index in [2.05, 4.69) is 12.2 Å². The van der Waals surface area contributed by atoms with Crippen molar-refractivity contribution in [3.8, 4) is 0 Å². The molecule has 1 aliphatic rings. The van der Waals surface area contributed by atoms with Crippen molar-refractivity contribution in [2.45, 2.75) is 43.5 Å². The van der Waals surface area contributed by atoms with E-state index in [1.807, 2.05) is 0 Å². The van der Waals surface area contributed by atoms with Gasteiger partial charge in [0.1, 0.15) is 4.90 Å². The van der Waals surface area contributed by atoms with E-state index in [9.17, 15) is 8.42 Å². The van der Waals surface area contributed by atoms with Crippen LogP contribution in [0.15, 0.2) is 23.1 Å². The number of benzene rings is 1. The first-order chi connectivity index (χ1) is 8.86. The standard InChI is InChI=1S/C13H21N3O2S/c1-9-3-2-4-10(7-9)16-11-5-6-13(12(14)8-11)19(15,17)18/h5-6,8-10,16H,2-4,7,14H2,1H3,(H2,15,17,18). The average molecular weight is 283 g/mol. The number of primary sulfonamides is 1. The number of nitrogens with one attached hydrogen (secondary N) is 1. The molecule has 1 saturated carbocycles. The van der Waals surface area contributed by atoms with Gasteiger partial charge < -0.3 is 11.1 Å². The van der Waals surface area contributed by atoms with Gasteiger partial charge in [-0.25, -0.2) is 13.6 Å². The predicted octanol–water partition coefficient (Wildman–Crippen LogP) is 1.91. The molecule has 0 aromatic heterocycles. The lowest BCUT2D eigenvalue weighted by Gasteiger charge is -2.28. The van der Waals surface area contributed by atoms with Crippen LogP contribution in [-0.4, -0.2) is 14.5 Å². The van der Waals surface area contributed by atoms with Crippen molar-refractivity contribution in [3.05, 3.63) is 18.2 Å². The fourth-order valence-corrected chi connectivity index (χ4v) is 3.34. The van der Waals surface area contributed by atoms with Crippen molar-refractivity contribution >= 4 is 21.4 Å². The van der Waals surface area contributed by atoms with Crippen LogP contribution < -0.4 is 16.2 Å². The van der Waals surface area contributed by atoms with Crippen LogP contribution >= 0.6 is 0 Å². The fraction of sp³-hybridized carbons (Fsp3) is 0.538. The first-order valence-electron chi connectivity index (χ1n) is 6.55. The Bertz CT molecular complexity index is 557. The van der Waals surface area contributed by atoms with Gasteiger partial charge in [0.2, 0.25) is 10.0 Å². The van der Waals surface area contributed by atoms with E-state index in [0.29, 0.717) is 6.04 Å². The Hall–Kier alpha value is -1.27. The Balaban J connectivity index is 2.12. The quantitative estimate of drug-likeness (QED) is 0.738. The van der Waals surface area contributed by atoms with Crippen LogP contribution in [0.4, 0.5) is 11.4 Å². The number of nitrogens with two attached hydrogens (primary N) is 2. The number of nitrogen functional groups attached to an aromatic ring is 1. The molecule has 1 aromatic carbocycles. The predicted molar refractivity (Wildman–Crippen MR) is 77.3 cm³/mol. The third-order valence-corrected chi connectivity index (χ3v) is 4.61. The Morgan fingerprint density at radius 1 is 1.32 bits per heavy atom. The minimum absolute atomic E-state index is 0.0185. The van der Waals surface area contributed by atoms with Crippen LogP contribution in [-0.2, 0) is 10.0 Å². The maximum absolute atomic E-state index is 11.3. The molecule has 2 rings (SSSR count). The number of sulfonamides is 1. The second-order valence-corrected chi connectivity index (χ2v) is 6.94. The summed E-state index contributed by atoms with van der Waals surface area (Å²) in [6, 6.07) is 5.25. The van der Waals surface area contributed by atoms with E-state index in [-0.39, 0.29) is 10.6 Å². The van der Waals surface area contributed by atoms with Gasteiger partial charge in [-0.2, -0.15) is 0 Å². The zero-order valence-corrected chi connectivity index (χ0v) is 11.9. The summed E-state index contributed by atoms with van der Waals surface area (Å²) in [5.74, 6) is 0.729. The second kappa shape index (κ2) is 5.38. The normalized spacial score (nSPS) is 24.1.